The first-order valence-electron chi connectivity index (χ1n) is 9.75. The summed E-state index contributed by atoms with van der Waals surface area (Å²) < 4.78 is 18.5. The van der Waals surface area contributed by atoms with Gasteiger partial charge in [0.15, 0.2) is 28.7 Å². The van der Waals surface area contributed by atoms with Crippen molar-refractivity contribution in [3.05, 3.63) is 23.7 Å². The van der Waals surface area contributed by atoms with Crippen molar-refractivity contribution in [3.63, 3.8) is 0 Å². The SMILES string of the molecule is c1n[nH]c2nc(-c3noc4c3CCC[C@@]43CCCCC34OCCO4)ncc12. The number of fused-ring (bicyclic) bond motifs is 4. The number of H-pyrrole nitrogens is 1. The van der Waals surface area contributed by atoms with E-state index in [2.05, 4.69) is 25.3 Å². The Morgan fingerprint density at radius 1 is 1.00 bits per heavy atom. The van der Waals surface area contributed by atoms with Gasteiger partial charge in [-0.3, -0.25) is 5.10 Å². The molecule has 0 aromatic carbocycles. The average molecular weight is 367 g/mol. The fourth-order valence-electron chi connectivity index (χ4n) is 5.32. The van der Waals surface area contributed by atoms with E-state index in [1.807, 2.05) is 0 Å². The minimum Gasteiger partial charge on any atom is -0.360 e. The molecule has 1 saturated carbocycles. The zero-order chi connectivity index (χ0) is 17.9. The Bertz CT molecular complexity index is 1010. The molecule has 2 aliphatic carbocycles. The topological polar surface area (TPSA) is 99.0 Å². The second-order valence-corrected chi connectivity index (χ2v) is 7.80. The van der Waals surface area contributed by atoms with Gasteiger partial charge < -0.3 is 14.0 Å². The number of nitrogens with zero attached hydrogens (tertiary/aromatic N) is 4. The highest BCUT2D eigenvalue weighted by atomic mass is 16.7. The summed E-state index contributed by atoms with van der Waals surface area (Å²) in [4.78, 5) is 9.09. The highest BCUT2D eigenvalue weighted by Gasteiger charge is 2.61. The molecule has 0 radical (unpaired) electrons. The molecule has 2 spiro atoms. The molecule has 1 saturated heterocycles. The lowest BCUT2D eigenvalue weighted by atomic mass is 9.61. The van der Waals surface area contributed by atoms with Crippen molar-refractivity contribution in [2.45, 2.75) is 56.1 Å². The summed E-state index contributed by atoms with van der Waals surface area (Å²) in [6.07, 6.45) is 10.7. The standard InChI is InChI=1S/C19H21N5O3/c1-2-7-19(25-8-9-26-19)18(5-1)6-3-4-13-14(24-27-15(13)18)17-20-10-12-11-21-23-16(12)22-17/h10-11H,1-9H2,(H,20,21,22,23)/t18-/m0/s1. The molecule has 1 N–H and O–H groups in total. The zero-order valence-electron chi connectivity index (χ0n) is 15.0. The predicted octanol–water partition coefficient (Wildman–Crippen LogP) is 2.90. The normalized spacial score (nSPS) is 26.8. The van der Waals surface area contributed by atoms with E-state index in [4.69, 9.17) is 14.0 Å². The average Bonchev–Trinajstić information content (AvgIpc) is 3.43. The van der Waals surface area contributed by atoms with Gasteiger partial charge in [-0.25, -0.2) is 9.97 Å². The first kappa shape index (κ1) is 15.7. The molecule has 3 aromatic rings. The maximum Gasteiger partial charge on any atom is 0.184 e. The Labute approximate surface area is 155 Å². The molecule has 3 aliphatic rings. The molecule has 3 aromatic heterocycles. The third-order valence-electron chi connectivity index (χ3n) is 6.50. The third kappa shape index (κ3) is 2.05. The van der Waals surface area contributed by atoms with Gasteiger partial charge in [0, 0.05) is 18.2 Å². The Kier molecular flexibility index (Phi) is 3.25. The molecule has 6 rings (SSSR count). The molecule has 0 unspecified atom stereocenters. The van der Waals surface area contributed by atoms with Crippen molar-refractivity contribution in [1.82, 2.24) is 25.3 Å². The van der Waals surface area contributed by atoms with Crippen molar-refractivity contribution in [3.8, 4) is 11.5 Å². The van der Waals surface area contributed by atoms with E-state index in [-0.39, 0.29) is 5.41 Å². The predicted molar refractivity (Wildman–Crippen MR) is 94.9 cm³/mol. The smallest absolute Gasteiger partial charge is 0.184 e. The fraction of sp³-hybridized carbons (Fsp3) is 0.579. The second-order valence-electron chi connectivity index (χ2n) is 7.80. The minimum atomic E-state index is -0.564. The van der Waals surface area contributed by atoms with Crippen molar-refractivity contribution in [2.24, 2.45) is 0 Å². The minimum absolute atomic E-state index is 0.251. The summed E-state index contributed by atoms with van der Waals surface area (Å²) in [6, 6.07) is 0. The molecule has 140 valence electrons. The van der Waals surface area contributed by atoms with Crippen molar-refractivity contribution in [2.75, 3.05) is 13.2 Å². The number of hydrogen-bond acceptors (Lipinski definition) is 7. The van der Waals surface area contributed by atoms with Crippen LogP contribution in [0.1, 0.15) is 49.8 Å². The number of ether oxygens (including phenoxy) is 2. The lowest BCUT2D eigenvalue weighted by Gasteiger charge is -2.50. The summed E-state index contributed by atoms with van der Waals surface area (Å²) in [6.45, 7) is 1.30. The van der Waals surface area contributed by atoms with Crippen LogP contribution in [0.25, 0.3) is 22.6 Å². The molecule has 0 amide bonds. The number of nitrogens with one attached hydrogen (secondary N) is 1. The van der Waals surface area contributed by atoms with Crippen LogP contribution in [-0.4, -0.2) is 44.3 Å². The molecule has 8 nitrogen and oxygen atoms in total. The Morgan fingerprint density at radius 3 is 2.78 bits per heavy atom. The van der Waals surface area contributed by atoms with Crippen molar-refractivity contribution < 1.29 is 14.0 Å². The van der Waals surface area contributed by atoms with Gasteiger partial charge in [-0.1, -0.05) is 11.6 Å². The third-order valence-corrected chi connectivity index (χ3v) is 6.50. The summed E-state index contributed by atoms with van der Waals surface area (Å²) in [5.74, 6) is 0.941. The van der Waals surface area contributed by atoms with E-state index in [1.165, 1.54) is 0 Å². The number of aromatic amines is 1. The molecule has 1 atom stereocenters. The van der Waals surface area contributed by atoms with Crippen LogP contribution in [0.4, 0.5) is 0 Å². The van der Waals surface area contributed by atoms with Gasteiger partial charge in [0.2, 0.25) is 0 Å². The molecule has 27 heavy (non-hydrogen) atoms. The van der Waals surface area contributed by atoms with Crippen LogP contribution in [0, 0.1) is 0 Å². The van der Waals surface area contributed by atoms with E-state index in [1.54, 1.807) is 12.4 Å². The summed E-state index contributed by atoms with van der Waals surface area (Å²) >= 11 is 0. The first-order valence-corrected chi connectivity index (χ1v) is 9.75. The molecule has 2 fully saturated rings. The molecular formula is C19H21N5O3. The van der Waals surface area contributed by atoms with Gasteiger partial charge in [0.05, 0.1) is 30.2 Å². The quantitative estimate of drug-likeness (QED) is 0.706. The summed E-state index contributed by atoms with van der Waals surface area (Å²) in [5, 5.41) is 12.2. The van der Waals surface area contributed by atoms with E-state index < -0.39 is 5.79 Å². The Morgan fingerprint density at radius 2 is 1.85 bits per heavy atom. The van der Waals surface area contributed by atoms with Crippen LogP contribution in [0.2, 0.25) is 0 Å². The van der Waals surface area contributed by atoms with E-state index in [9.17, 15) is 0 Å². The van der Waals surface area contributed by atoms with Gasteiger partial charge in [0.25, 0.3) is 0 Å². The van der Waals surface area contributed by atoms with Crippen LogP contribution < -0.4 is 0 Å². The van der Waals surface area contributed by atoms with Crippen LogP contribution >= 0.6 is 0 Å². The Balaban J connectivity index is 1.50. The van der Waals surface area contributed by atoms with E-state index >= 15 is 0 Å². The largest absolute Gasteiger partial charge is 0.360 e. The van der Waals surface area contributed by atoms with Gasteiger partial charge >= 0.3 is 0 Å². The van der Waals surface area contributed by atoms with Crippen molar-refractivity contribution >= 4 is 11.0 Å². The number of hydrogen-bond donors (Lipinski definition) is 1. The summed E-state index contributed by atoms with van der Waals surface area (Å²) in [7, 11) is 0. The molecule has 0 bridgehead atoms. The van der Waals surface area contributed by atoms with E-state index in [0.717, 1.165) is 67.3 Å². The molecule has 4 heterocycles. The van der Waals surface area contributed by atoms with Crippen LogP contribution in [0.15, 0.2) is 16.9 Å². The molecular weight excluding hydrogens is 346 g/mol. The number of rotatable bonds is 1. The van der Waals surface area contributed by atoms with E-state index in [0.29, 0.717) is 24.7 Å². The second kappa shape index (κ2) is 5.59. The maximum atomic E-state index is 6.24. The highest BCUT2D eigenvalue weighted by molar-refractivity contribution is 5.75. The first-order chi connectivity index (χ1) is 13.3. The van der Waals surface area contributed by atoms with Gasteiger partial charge in [-0.15, -0.1) is 0 Å². The highest BCUT2D eigenvalue weighted by Crippen LogP contribution is 2.57. The van der Waals surface area contributed by atoms with Gasteiger partial charge in [0.1, 0.15) is 0 Å². The van der Waals surface area contributed by atoms with Gasteiger partial charge in [-0.2, -0.15) is 5.10 Å². The van der Waals surface area contributed by atoms with Crippen LogP contribution in [0.3, 0.4) is 0 Å². The molecule has 1 aliphatic heterocycles. The fourth-order valence-corrected chi connectivity index (χ4v) is 5.32. The Hall–Kier alpha value is -2.32. The summed E-state index contributed by atoms with van der Waals surface area (Å²) in [5.41, 5.74) is 2.30. The lowest BCUT2D eigenvalue weighted by molar-refractivity contribution is -0.235. The van der Waals surface area contributed by atoms with Gasteiger partial charge in [-0.05, 0) is 32.1 Å². The number of aromatic nitrogens is 5. The van der Waals surface area contributed by atoms with Crippen LogP contribution in [-0.2, 0) is 21.3 Å². The molecule has 8 heteroatoms. The monoisotopic (exact) mass is 367 g/mol. The van der Waals surface area contributed by atoms with Crippen molar-refractivity contribution in [1.29, 1.82) is 0 Å². The lowest BCUT2D eigenvalue weighted by Crippen LogP contribution is -2.56. The zero-order valence-corrected chi connectivity index (χ0v) is 15.0. The maximum absolute atomic E-state index is 6.24. The van der Waals surface area contributed by atoms with Crippen LogP contribution in [0.5, 0.6) is 0 Å².